The van der Waals surface area contributed by atoms with E-state index in [9.17, 15) is 10.2 Å². The van der Waals surface area contributed by atoms with E-state index in [2.05, 4.69) is 0 Å². The number of rotatable bonds is 7. The summed E-state index contributed by atoms with van der Waals surface area (Å²) >= 11 is 0. The van der Waals surface area contributed by atoms with E-state index < -0.39 is 18.3 Å². The minimum absolute atomic E-state index is 0.131. The number of aliphatic hydroxyl groups is 4. The zero-order chi connectivity index (χ0) is 10.3. The van der Waals surface area contributed by atoms with E-state index in [0.717, 1.165) is 6.42 Å². The van der Waals surface area contributed by atoms with Gasteiger partial charge in [-0.3, -0.25) is 0 Å². The second kappa shape index (κ2) is 7.26. The molecule has 0 amide bonds. The molecule has 4 N–H and O–H groups in total. The van der Waals surface area contributed by atoms with Gasteiger partial charge in [-0.25, -0.2) is 0 Å². The molecule has 0 spiro atoms. The Morgan fingerprint density at radius 2 is 1.69 bits per heavy atom. The summed E-state index contributed by atoms with van der Waals surface area (Å²) in [5.74, 6) is 0. The van der Waals surface area contributed by atoms with Crippen LogP contribution < -0.4 is 0 Å². The Labute approximate surface area is 78.8 Å². The average Bonchev–Trinajstić information content (AvgIpc) is 2.04. The molecule has 3 unspecified atom stereocenters. The van der Waals surface area contributed by atoms with Gasteiger partial charge in [0.25, 0.3) is 0 Å². The molecular weight excluding hydrogens is 172 g/mol. The molecule has 13 heavy (non-hydrogen) atoms. The first-order valence-electron chi connectivity index (χ1n) is 4.73. The second-order valence-electron chi connectivity index (χ2n) is 3.42. The van der Waals surface area contributed by atoms with E-state index in [4.69, 9.17) is 10.2 Å². The zero-order valence-corrected chi connectivity index (χ0v) is 8.06. The third-order valence-corrected chi connectivity index (χ3v) is 2.02. The molecule has 0 saturated heterocycles. The van der Waals surface area contributed by atoms with Gasteiger partial charge >= 0.3 is 0 Å². The normalized spacial score (nSPS) is 18.2. The fourth-order valence-electron chi connectivity index (χ4n) is 1.09. The summed E-state index contributed by atoms with van der Waals surface area (Å²) in [6, 6.07) is 0. The molecule has 0 aromatic rings. The minimum Gasteiger partial charge on any atom is -0.396 e. The van der Waals surface area contributed by atoms with Crippen LogP contribution in [0.3, 0.4) is 0 Å². The van der Waals surface area contributed by atoms with Gasteiger partial charge in [0.2, 0.25) is 0 Å². The lowest BCUT2D eigenvalue weighted by Gasteiger charge is -2.17. The molecule has 0 aliphatic carbocycles. The van der Waals surface area contributed by atoms with Gasteiger partial charge in [-0.1, -0.05) is 0 Å². The fourth-order valence-corrected chi connectivity index (χ4v) is 1.09. The molecule has 4 nitrogen and oxygen atoms in total. The van der Waals surface area contributed by atoms with Crippen LogP contribution in [-0.2, 0) is 0 Å². The van der Waals surface area contributed by atoms with Crippen molar-refractivity contribution in [3.8, 4) is 0 Å². The van der Waals surface area contributed by atoms with Crippen LogP contribution in [-0.4, -0.2) is 45.3 Å². The molecule has 0 aliphatic heterocycles. The standard InChI is InChI=1S/C9H20O4/c1-7(11)9(13)6-8(12)4-2-3-5-10/h7-13H,2-6H2,1H3. The van der Waals surface area contributed by atoms with Gasteiger partial charge in [0.05, 0.1) is 18.3 Å². The lowest BCUT2D eigenvalue weighted by Crippen LogP contribution is -2.27. The van der Waals surface area contributed by atoms with Crippen LogP contribution in [0.2, 0.25) is 0 Å². The summed E-state index contributed by atoms with van der Waals surface area (Å²) in [6.07, 6.45) is -0.0767. The topological polar surface area (TPSA) is 80.9 Å². The van der Waals surface area contributed by atoms with Crippen molar-refractivity contribution in [2.45, 2.75) is 50.9 Å². The maximum Gasteiger partial charge on any atom is 0.0820 e. The van der Waals surface area contributed by atoms with Gasteiger partial charge in [0.15, 0.2) is 0 Å². The maximum atomic E-state index is 9.34. The Balaban J connectivity index is 3.43. The monoisotopic (exact) mass is 192 g/mol. The van der Waals surface area contributed by atoms with Gasteiger partial charge in [0, 0.05) is 13.0 Å². The SMILES string of the molecule is CC(O)C(O)CC(O)CCCCO. The maximum absolute atomic E-state index is 9.34. The lowest BCUT2D eigenvalue weighted by atomic mass is 10.0. The largest absolute Gasteiger partial charge is 0.396 e. The highest BCUT2D eigenvalue weighted by molar-refractivity contribution is 4.67. The molecule has 0 rings (SSSR count). The highest BCUT2D eigenvalue weighted by Crippen LogP contribution is 2.09. The predicted octanol–water partition coefficient (Wildman–Crippen LogP) is -0.358. The van der Waals surface area contributed by atoms with E-state index in [-0.39, 0.29) is 13.0 Å². The van der Waals surface area contributed by atoms with Crippen LogP contribution >= 0.6 is 0 Å². The van der Waals surface area contributed by atoms with Crippen LogP contribution in [0.25, 0.3) is 0 Å². The van der Waals surface area contributed by atoms with Crippen LogP contribution in [0.15, 0.2) is 0 Å². The van der Waals surface area contributed by atoms with E-state index >= 15 is 0 Å². The van der Waals surface area contributed by atoms with Gasteiger partial charge in [-0.05, 0) is 26.2 Å². The van der Waals surface area contributed by atoms with Crippen molar-refractivity contribution >= 4 is 0 Å². The smallest absolute Gasteiger partial charge is 0.0820 e. The Kier molecular flexibility index (Phi) is 7.17. The first-order valence-corrected chi connectivity index (χ1v) is 4.73. The molecule has 0 radical (unpaired) electrons. The summed E-state index contributed by atoms with van der Waals surface area (Å²) < 4.78 is 0. The van der Waals surface area contributed by atoms with Gasteiger partial charge in [-0.2, -0.15) is 0 Å². The van der Waals surface area contributed by atoms with E-state index in [0.29, 0.717) is 12.8 Å². The molecule has 0 aromatic heterocycles. The molecule has 0 saturated carbocycles. The quantitative estimate of drug-likeness (QED) is 0.415. The fraction of sp³-hybridized carbons (Fsp3) is 1.00. The summed E-state index contributed by atoms with van der Waals surface area (Å²) in [5.41, 5.74) is 0. The van der Waals surface area contributed by atoms with Crippen molar-refractivity contribution < 1.29 is 20.4 Å². The highest BCUT2D eigenvalue weighted by atomic mass is 16.3. The zero-order valence-electron chi connectivity index (χ0n) is 8.06. The van der Waals surface area contributed by atoms with Crippen LogP contribution in [0.1, 0.15) is 32.6 Å². The molecule has 3 atom stereocenters. The third kappa shape index (κ3) is 6.95. The van der Waals surface area contributed by atoms with E-state index in [1.165, 1.54) is 6.92 Å². The Hall–Kier alpha value is -0.160. The third-order valence-electron chi connectivity index (χ3n) is 2.02. The molecule has 0 aromatic carbocycles. The first-order chi connectivity index (χ1) is 6.07. The Morgan fingerprint density at radius 1 is 1.08 bits per heavy atom. The van der Waals surface area contributed by atoms with Crippen molar-refractivity contribution in [1.29, 1.82) is 0 Å². The van der Waals surface area contributed by atoms with E-state index in [1.807, 2.05) is 0 Å². The van der Waals surface area contributed by atoms with Crippen LogP contribution in [0.5, 0.6) is 0 Å². The Bertz CT molecular complexity index is 116. The van der Waals surface area contributed by atoms with Crippen molar-refractivity contribution in [2.75, 3.05) is 6.61 Å². The molecular formula is C9H20O4. The summed E-state index contributed by atoms with van der Waals surface area (Å²) in [7, 11) is 0. The molecule has 0 bridgehead atoms. The van der Waals surface area contributed by atoms with E-state index in [1.54, 1.807) is 0 Å². The summed E-state index contributed by atoms with van der Waals surface area (Å²) in [4.78, 5) is 0. The molecule has 0 aliphatic rings. The molecule has 4 heteroatoms. The number of unbranched alkanes of at least 4 members (excludes halogenated alkanes) is 1. The van der Waals surface area contributed by atoms with Gasteiger partial charge in [0.1, 0.15) is 0 Å². The average molecular weight is 192 g/mol. The molecule has 0 fully saturated rings. The second-order valence-corrected chi connectivity index (χ2v) is 3.42. The highest BCUT2D eigenvalue weighted by Gasteiger charge is 2.15. The van der Waals surface area contributed by atoms with Crippen molar-refractivity contribution in [2.24, 2.45) is 0 Å². The minimum atomic E-state index is -0.857. The van der Waals surface area contributed by atoms with Gasteiger partial charge in [-0.15, -0.1) is 0 Å². The van der Waals surface area contributed by atoms with Crippen LogP contribution in [0.4, 0.5) is 0 Å². The van der Waals surface area contributed by atoms with Gasteiger partial charge < -0.3 is 20.4 Å². The lowest BCUT2D eigenvalue weighted by molar-refractivity contribution is -0.00515. The number of hydrogen-bond donors (Lipinski definition) is 4. The van der Waals surface area contributed by atoms with Crippen LogP contribution in [0, 0.1) is 0 Å². The predicted molar refractivity (Wildman–Crippen MR) is 49.2 cm³/mol. The van der Waals surface area contributed by atoms with Crippen molar-refractivity contribution in [3.63, 3.8) is 0 Å². The summed E-state index contributed by atoms with van der Waals surface area (Å²) in [6.45, 7) is 1.62. The van der Waals surface area contributed by atoms with Crippen molar-refractivity contribution in [3.05, 3.63) is 0 Å². The molecule has 80 valence electrons. The molecule has 0 heterocycles. The number of hydrogen-bond acceptors (Lipinski definition) is 4. The summed E-state index contributed by atoms with van der Waals surface area (Å²) in [5, 5.41) is 36.0. The van der Waals surface area contributed by atoms with Crippen molar-refractivity contribution in [1.82, 2.24) is 0 Å². The number of aliphatic hydroxyl groups excluding tert-OH is 4. The first kappa shape index (κ1) is 12.8. The Morgan fingerprint density at radius 3 is 2.15 bits per heavy atom.